The summed E-state index contributed by atoms with van der Waals surface area (Å²) in [5.41, 5.74) is -0.486. The van der Waals surface area contributed by atoms with Crippen LogP contribution in [-0.4, -0.2) is 29.1 Å². The molecule has 4 rings (SSSR count). The van der Waals surface area contributed by atoms with E-state index in [9.17, 15) is 14.7 Å². The summed E-state index contributed by atoms with van der Waals surface area (Å²) in [6.07, 6.45) is 5.01. The molecule has 2 heterocycles. The average molecular weight is 346 g/mol. The van der Waals surface area contributed by atoms with Gasteiger partial charge in [0.15, 0.2) is 5.78 Å². The summed E-state index contributed by atoms with van der Waals surface area (Å²) in [5, 5.41) is 11.1. The zero-order valence-corrected chi connectivity index (χ0v) is 15.0. The highest BCUT2D eigenvalue weighted by molar-refractivity contribution is 5.99. The first-order chi connectivity index (χ1) is 11.8. The van der Waals surface area contributed by atoms with Crippen molar-refractivity contribution >= 4 is 11.8 Å². The molecule has 3 fully saturated rings. The predicted octanol–water partition coefficient (Wildman–Crippen LogP) is 3.22. The lowest BCUT2D eigenvalue weighted by molar-refractivity contribution is -0.165. The minimum atomic E-state index is -1.11. The van der Waals surface area contributed by atoms with Gasteiger partial charge in [0, 0.05) is 10.8 Å². The van der Waals surface area contributed by atoms with Gasteiger partial charge in [-0.3, -0.25) is 9.59 Å². The largest absolute Gasteiger partial charge is 0.472 e. The molecule has 1 saturated heterocycles. The molecule has 0 aromatic carbocycles. The molecule has 3 aliphatic rings. The van der Waals surface area contributed by atoms with E-state index < -0.39 is 11.5 Å². The Morgan fingerprint density at radius 3 is 2.80 bits per heavy atom. The fourth-order valence-corrected chi connectivity index (χ4v) is 6.07. The van der Waals surface area contributed by atoms with Gasteiger partial charge in [0.05, 0.1) is 17.7 Å². The Morgan fingerprint density at radius 1 is 1.36 bits per heavy atom. The van der Waals surface area contributed by atoms with Crippen molar-refractivity contribution in [2.24, 2.45) is 28.6 Å². The molecule has 0 unspecified atom stereocenters. The molecule has 0 spiro atoms. The Hall–Kier alpha value is -1.62. The first kappa shape index (κ1) is 16.8. The number of carbonyl (C=O) groups is 2. The summed E-state index contributed by atoms with van der Waals surface area (Å²) in [6.45, 7) is 6.23. The fraction of sp³-hybridized carbons (Fsp3) is 0.700. The Bertz CT molecular complexity index is 695. The Kier molecular flexibility index (Phi) is 3.66. The minimum absolute atomic E-state index is 0.0739. The van der Waals surface area contributed by atoms with Crippen LogP contribution in [0.25, 0.3) is 0 Å². The van der Waals surface area contributed by atoms with Gasteiger partial charge in [-0.2, -0.15) is 0 Å². The standard InChI is InChI=1S/C20H26O5/c1-11-9-15-20(3)13(18(23)25-15)5-4-6-14(20)19(11,2)17(22)16(21)12-7-8-24-10-12/h7-8,10-11,13-15,17,22H,4-6,9H2,1-3H3/t11-,13+,14-,15+,17-,19+,20+/m1/s1. The monoisotopic (exact) mass is 346 g/mol. The van der Waals surface area contributed by atoms with Crippen LogP contribution in [0.2, 0.25) is 0 Å². The molecule has 0 amide bonds. The van der Waals surface area contributed by atoms with Crippen LogP contribution in [0.5, 0.6) is 0 Å². The third-order valence-corrected chi connectivity index (χ3v) is 7.75. The first-order valence-corrected chi connectivity index (χ1v) is 9.26. The maximum Gasteiger partial charge on any atom is 0.309 e. The van der Waals surface area contributed by atoms with Gasteiger partial charge in [0.25, 0.3) is 0 Å². The maximum atomic E-state index is 12.9. The quantitative estimate of drug-likeness (QED) is 0.672. The number of Topliss-reactive ketones (excluding diaryl/α,β-unsaturated/α-hetero) is 1. The number of rotatable bonds is 3. The van der Waals surface area contributed by atoms with E-state index in [1.54, 1.807) is 6.07 Å². The molecule has 5 nitrogen and oxygen atoms in total. The summed E-state index contributed by atoms with van der Waals surface area (Å²) in [6, 6.07) is 1.60. The Balaban J connectivity index is 1.75. The minimum Gasteiger partial charge on any atom is -0.472 e. The highest BCUT2D eigenvalue weighted by Gasteiger charge is 2.68. The van der Waals surface area contributed by atoms with Crippen molar-refractivity contribution in [1.82, 2.24) is 0 Å². The third kappa shape index (κ3) is 2.05. The van der Waals surface area contributed by atoms with Crippen LogP contribution in [0.15, 0.2) is 23.0 Å². The van der Waals surface area contributed by atoms with Gasteiger partial charge in [0.2, 0.25) is 0 Å². The van der Waals surface area contributed by atoms with Crippen LogP contribution in [0.3, 0.4) is 0 Å². The number of aliphatic hydroxyl groups is 1. The summed E-state index contributed by atoms with van der Waals surface area (Å²) in [5.74, 6) is -0.350. The van der Waals surface area contributed by atoms with Crippen LogP contribution in [0, 0.1) is 28.6 Å². The van der Waals surface area contributed by atoms with Crippen molar-refractivity contribution < 1.29 is 23.8 Å². The van der Waals surface area contributed by atoms with Crippen LogP contribution < -0.4 is 0 Å². The van der Waals surface area contributed by atoms with E-state index in [4.69, 9.17) is 9.15 Å². The maximum absolute atomic E-state index is 12.9. The number of aliphatic hydroxyl groups excluding tert-OH is 1. The third-order valence-electron chi connectivity index (χ3n) is 7.75. The Labute approximate surface area is 147 Å². The van der Waals surface area contributed by atoms with Gasteiger partial charge in [-0.1, -0.05) is 27.2 Å². The second-order valence-electron chi connectivity index (χ2n) is 8.61. The Morgan fingerprint density at radius 2 is 2.12 bits per heavy atom. The molecule has 7 atom stereocenters. The van der Waals surface area contributed by atoms with E-state index in [1.165, 1.54) is 12.5 Å². The smallest absolute Gasteiger partial charge is 0.309 e. The van der Waals surface area contributed by atoms with E-state index in [0.29, 0.717) is 12.0 Å². The molecule has 2 aliphatic carbocycles. The number of esters is 1. The second kappa shape index (κ2) is 5.44. The van der Waals surface area contributed by atoms with Crippen LogP contribution in [0.4, 0.5) is 0 Å². The molecular formula is C20H26O5. The van der Waals surface area contributed by atoms with Crippen molar-refractivity contribution in [1.29, 1.82) is 0 Å². The topological polar surface area (TPSA) is 76.7 Å². The number of ketones is 1. The van der Waals surface area contributed by atoms with Gasteiger partial charge >= 0.3 is 5.97 Å². The highest BCUT2D eigenvalue weighted by Crippen LogP contribution is 2.66. The molecule has 1 aliphatic heterocycles. The van der Waals surface area contributed by atoms with Crippen molar-refractivity contribution in [2.45, 2.75) is 58.7 Å². The summed E-state index contributed by atoms with van der Waals surface area (Å²) in [4.78, 5) is 25.3. The summed E-state index contributed by atoms with van der Waals surface area (Å²) in [7, 11) is 0. The van der Waals surface area contributed by atoms with Crippen molar-refractivity contribution in [3.63, 3.8) is 0 Å². The van der Waals surface area contributed by atoms with Crippen molar-refractivity contribution in [2.75, 3.05) is 0 Å². The van der Waals surface area contributed by atoms with Crippen LogP contribution >= 0.6 is 0 Å². The number of hydrogen-bond donors (Lipinski definition) is 1. The van der Waals surface area contributed by atoms with Crippen molar-refractivity contribution in [3.8, 4) is 0 Å². The molecule has 1 aromatic rings. The molecule has 136 valence electrons. The predicted molar refractivity (Wildman–Crippen MR) is 89.8 cm³/mol. The van der Waals surface area contributed by atoms with E-state index in [1.807, 2.05) is 6.92 Å². The fourth-order valence-electron chi connectivity index (χ4n) is 6.07. The lowest BCUT2D eigenvalue weighted by Gasteiger charge is -2.59. The van der Waals surface area contributed by atoms with Crippen LogP contribution in [-0.2, 0) is 9.53 Å². The molecular weight excluding hydrogens is 320 g/mol. The SMILES string of the molecule is C[C@@H]1C[C@@H]2OC(=O)[C@@H]3CCC[C@@H]([C@@]23C)[C@@]1(C)[C@H](O)C(=O)c1ccoc1. The molecule has 25 heavy (non-hydrogen) atoms. The molecule has 0 radical (unpaired) electrons. The highest BCUT2D eigenvalue weighted by atomic mass is 16.6. The summed E-state index contributed by atoms with van der Waals surface area (Å²) < 4.78 is 10.8. The van der Waals surface area contributed by atoms with Crippen LogP contribution in [0.1, 0.15) is 56.8 Å². The molecule has 1 aromatic heterocycles. The van der Waals surface area contributed by atoms with E-state index >= 15 is 0 Å². The molecule has 2 saturated carbocycles. The van der Waals surface area contributed by atoms with E-state index in [-0.39, 0.29) is 41.0 Å². The average Bonchev–Trinajstić information content (AvgIpc) is 3.19. The number of hydrogen-bond acceptors (Lipinski definition) is 5. The number of furan rings is 1. The second-order valence-corrected chi connectivity index (χ2v) is 8.61. The number of carbonyl (C=O) groups excluding carboxylic acids is 2. The van der Waals surface area contributed by atoms with Gasteiger partial charge in [0.1, 0.15) is 18.5 Å². The normalized spacial score (nSPS) is 44.1. The van der Waals surface area contributed by atoms with Gasteiger partial charge in [-0.25, -0.2) is 0 Å². The van der Waals surface area contributed by atoms with E-state index in [2.05, 4.69) is 13.8 Å². The van der Waals surface area contributed by atoms with Crippen molar-refractivity contribution in [3.05, 3.63) is 24.2 Å². The molecule has 5 heteroatoms. The number of ether oxygens (including phenoxy) is 1. The first-order valence-electron chi connectivity index (χ1n) is 9.26. The van der Waals surface area contributed by atoms with Gasteiger partial charge < -0.3 is 14.3 Å². The molecule has 0 bridgehead atoms. The van der Waals surface area contributed by atoms with E-state index in [0.717, 1.165) is 19.3 Å². The zero-order valence-electron chi connectivity index (χ0n) is 15.0. The van der Waals surface area contributed by atoms with Gasteiger partial charge in [-0.05, 0) is 37.2 Å². The lowest BCUT2D eigenvalue weighted by atomic mass is 9.44. The summed E-state index contributed by atoms with van der Waals surface area (Å²) >= 11 is 0. The lowest BCUT2D eigenvalue weighted by Crippen LogP contribution is -2.62. The zero-order chi connectivity index (χ0) is 18.0. The van der Waals surface area contributed by atoms with Gasteiger partial charge in [-0.15, -0.1) is 0 Å². The molecule has 1 N–H and O–H groups in total.